The first kappa shape index (κ1) is 14.8. The highest BCUT2D eigenvalue weighted by atomic mass is 16.2. The van der Waals surface area contributed by atoms with E-state index in [-0.39, 0.29) is 11.9 Å². The van der Waals surface area contributed by atoms with Gasteiger partial charge in [0, 0.05) is 32.2 Å². The van der Waals surface area contributed by atoms with E-state index >= 15 is 0 Å². The fourth-order valence-corrected chi connectivity index (χ4v) is 2.76. The lowest BCUT2D eigenvalue weighted by atomic mass is 10.1. The smallest absolute Gasteiger partial charge is 0.246 e. The number of benzene rings is 1. The Labute approximate surface area is 121 Å². The molecule has 0 aromatic heterocycles. The Balaban J connectivity index is 1.92. The largest absolute Gasteiger partial charge is 0.334 e. The molecule has 0 bridgehead atoms. The van der Waals surface area contributed by atoms with E-state index in [2.05, 4.69) is 49.6 Å². The Hall–Kier alpha value is -1.61. The number of carbonyl (C=O) groups excluding carboxylic acids is 1. The molecule has 1 aromatic carbocycles. The third-order valence-corrected chi connectivity index (χ3v) is 4.01. The summed E-state index contributed by atoms with van der Waals surface area (Å²) >= 11 is 0. The molecule has 1 amide bonds. The number of amides is 1. The Morgan fingerprint density at radius 1 is 1.30 bits per heavy atom. The molecular weight excluding hydrogens is 248 g/mol. The van der Waals surface area contributed by atoms with Gasteiger partial charge in [-0.15, -0.1) is 0 Å². The number of rotatable bonds is 4. The van der Waals surface area contributed by atoms with E-state index in [9.17, 15) is 4.79 Å². The number of nitrogens with zero attached hydrogens (tertiary/aromatic N) is 2. The van der Waals surface area contributed by atoms with Crippen molar-refractivity contribution in [1.82, 2.24) is 9.80 Å². The van der Waals surface area contributed by atoms with E-state index in [1.165, 1.54) is 17.2 Å². The molecule has 1 aromatic rings. The first-order chi connectivity index (χ1) is 9.63. The van der Waals surface area contributed by atoms with Crippen LogP contribution in [0.5, 0.6) is 0 Å². The van der Waals surface area contributed by atoms with Crippen molar-refractivity contribution in [3.63, 3.8) is 0 Å². The lowest BCUT2D eigenvalue weighted by Gasteiger charge is -2.39. The van der Waals surface area contributed by atoms with Gasteiger partial charge >= 0.3 is 0 Å². The highest BCUT2D eigenvalue weighted by Crippen LogP contribution is 2.14. The minimum absolute atomic E-state index is 0.0458. The molecule has 1 saturated heterocycles. The zero-order valence-electron chi connectivity index (χ0n) is 12.5. The predicted octanol–water partition coefficient (Wildman–Crippen LogP) is 2.47. The summed E-state index contributed by atoms with van der Waals surface area (Å²) in [6, 6.07) is 9.09. The van der Waals surface area contributed by atoms with Crippen LogP contribution in [0.1, 0.15) is 25.0 Å². The van der Waals surface area contributed by atoms with Gasteiger partial charge in [0.25, 0.3) is 0 Å². The fourth-order valence-electron chi connectivity index (χ4n) is 2.76. The molecule has 0 aliphatic carbocycles. The van der Waals surface area contributed by atoms with Crippen LogP contribution in [0.3, 0.4) is 0 Å². The monoisotopic (exact) mass is 272 g/mol. The van der Waals surface area contributed by atoms with Gasteiger partial charge < -0.3 is 4.90 Å². The Bertz CT molecular complexity index is 466. The van der Waals surface area contributed by atoms with Gasteiger partial charge in [0.05, 0.1) is 0 Å². The number of piperazine rings is 1. The van der Waals surface area contributed by atoms with Crippen LogP contribution >= 0.6 is 0 Å². The Morgan fingerprint density at radius 3 is 2.50 bits per heavy atom. The molecule has 20 heavy (non-hydrogen) atoms. The van der Waals surface area contributed by atoms with Crippen molar-refractivity contribution < 1.29 is 4.79 Å². The number of hydrogen-bond acceptors (Lipinski definition) is 2. The maximum absolute atomic E-state index is 11.7. The van der Waals surface area contributed by atoms with Gasteiger partial charge in [-0.3, -0.25) is 9.69 Å². The average Bonchev–Trinajstić information content (AvgIpc) is 2.47. The van der Waals surface area contributed by atoms with Crippen molar-refractivity contribution in [3.05, 3.63) is 48.0 Å². The Morgan fingerprint density at radius 2 is 1.95 bits per heavy atom. The van der Waals surface area contributed by atoms with Crippen LogP contribution in [0.4, 0.5) is 0 Å². The number of carbonyl (C=O) groups is 1. The third kappa shape index (κ3) is 3.48. The average molecular weight is 272 g/mol. The quantitative estimate of drug-likeness (QED) is 0.786. The molecule has 1 aliphatic rings. The summed E-state index contributed by atoms with van der Waals surface area (Å²) in [7, 11) is 0. The van der Waals surface area contributed by atoms with Crippen molar-refractivity contribution in [2.24, 2.45) is 0 Å². The van der Waals surface area contributed by atoms with Crippen molar-refractivity contribution in [2.45, 2.75) is 32.9 Å². The minimum atomic E-state index is 0.0458. The van der Waals surface area contributed by atoms with Gasteiger partial charge in [0.1, 0.15) is 0 Å². The fraction of sp³-hybridized carbons (Fsp3) is 0.471. The first-order valence-electron chi connectivity index (χ1n) is 7.37. The summed E-state index contributed by atoms with van der Waals surface area (Å²) in [6.07, 6.45) is 2.50. The highest BCUT2D eigenvalue weighted by Gasteiger charge is 2.25. The van der Waals surface area contributed by atoms with Crippen LogP contribution in [0.15, 0.2) is 36.9 Å². The normalized spacial score (nSPS) is 19.9. The molecule has 2 rings (SSSR count). The second kappa shape index (κ2) is 6.71. The van der Waals surface area contributed by atoms with E-state index in [0.29, 0.717) is 0 Å². The van der Waals surface area contributed by atoms with Gasteiger partial charge in [-0.1, -0.05) is 37.8 Å². The van der Waals surface area contributed by atoms with Crippen molar-refractivity contribution >= 4 is 5.91 Å². The molecule has 1 aliphatic heterocycles. The van der Waals surface area contributed by atoms with Gasteiger partial charge in [-0.25, -0.2) is 0 Å². The maximum atomic E-state index is 11.7. The molecule has 1 atom stereocenters. The van der Waals surface area contributed by atoms with Crippen LogP contribution < -0.4 is 0 Å². The molecule has 108 valence electrons. The van der Waals surface area contributed by atoms with Crippen LogP contribution in [0.25, 0.3) is 0 Å². The van der Waals surface area contributed by atoms with Gasteiger partial charge in [0.15, 0.2) is 0 Å². The summed E-state index contributed by atoms with van der Waals surface area (Å²) in [4.78, 5) is 16.0. The molecule has 0 saturated carbocycles. The standard InChI is InChI=1S/C17H24N2O/c1-4-15-6-8-16(9-7-15)13-18-10-11-19(14(3)12-18)17(20)5-2/h5-9,14H,2,4,10-13H2,1,3H3/t14-/m1/s1. The molecule has 1 heterocycles. The zero-order valence-corrected chi connectivity index (χ0v) is 12.5. The minimum Gasteiger partial charge on any atom is -0.334 e. The highest BCUT2D eigenvalue weighted by molar-refractivity contribution is 5.87. The molecule has 0 unspecified atom stereocenters. The van der Waals surface area contributed by atoms with E-state index in [1.54, 1.807) is 0 Å². The molecule has 0 radical (unpaired) electrons. The molecular formula is C17H24N2O. The molecule has 3 nitrogen and oxygen atoms in total. The molecule has 3 heteroatoms. The summed E-state index contributed by atoms with van der Waals surface area (Å²) in [5, 5.41) is 0. The van der Waals surface area contributed by atoms with E-state index < -0.39 is 0 Å². The van der Waals surface area contributed by atoms with Crippen molar-refractivity contribution in [1.29, 1.82) is 0 Å². The van der Waals surface area contributed by atoms with E-state index in [1.807, 2.05) is 4.90 Å². The summed E-state index contributed by atoms with van der Waals surface area (Å²) in [6.45, 7) is 11.5. The topological polar surface area (TPSA) is 23.6 Å². The van der Waals surface area contributed by atoms with Crippen LogP contribution in [0, 0.1) is 0 Å². The van der Waals surface area contributed by atoms with Crippen molar-refractivity contribution in [3.8, 4) is 0 Å². The first-order valence-corrected chi connectivity index (χ1v) is 7.37. The third-order valence-electron chi connectivity index (χ3n) is 4.01. The molecule has 0 spiro atoms. The van der Waals surface area contributed by atoms with Gasteiger partial charge in [-0.05, 0) is 30.5 Å². The predicted molar refractivity (Wildman–Crippen MR) is 82.5 cm³/mol. The number of hydrogen-bond donors (Lipinski definition) is 0. The summed E-state index contributed by atoms with van der Waals surface area (Å²) in [5.41, 5.74) is 2.72. The van der Waals surface area contributed by atoms with Crippen LogP contribution in [0.2, 0.25) is 0 Å². The maximum Gasteiger partial charge on any atom is 0.246 e. The van der Waals surface area contributed by atoms with Crippen molar-refractivity contribution in [2.75, 3.05) is 19.6 Å². The molecule has 0 N–H and O–H groups in total. The SMILES string of the molecule is C=CC(=O)N1CCN(Cc2ccc(CC)cc2)C[C@H]1C. The summed E-state index contributed by atoms with van der Waals surface area (Å²) in [5.74, 6) is 0.0458. The van der Waals surface area contributed by atoms with E-state index in [4.69, 9.17) is 0 Å². The lowest BCUT2D eigenvalue weighted by Crippen LogP contribution is -2.53. The zero-order chi connectivity index (χ0) is 14.5. The van der Waals surface area contributed by atoms with Crippen LogP contribution in [-0.2, 0) is 17.8 Å². The van der Waals surface area contributed by atoms with Gasteiger partial charge in [0.2, 0.25) is 5.91 Å². The second-order valence-corrected chi connectivity index (χ2v) is 5.49. The van der Waals surface area contributed by atoms with E-state index in [0.717, 1.165) is 32.6 Å². The Kier molecular flexibility index (Phi) is 4.96. The van der Waals surface area contributed by atoms with Gasteiger partial charge in [-0.2, -0.15) is 0 Å². The molecule has 1 fully saturated rings. The lowest BCUT2D eigenvalue weighted by molar-refractivity contribution is -0.130. The number of aryl methyl sites for hydroxylation is 1. The van der Waals surface area contributed by atoms with Crippen LogP contribution in [-0.4, -0.2) is 41.4 Å². The summed E-state index contributed by atoms with van der Waals surface area (Å²) < 4.78 is 0. The second-order valence-electron chi connectivity index (χ2n) is 5.49.